The molecule has 0 spiro atoms. The maximum Gasteiger partial charge on any atom is 0.226 e. The third-order valence-electron chi connectivity index (χ3n) is 5.51. The van der Waals surface area contributed by atoms with Crippen molar-refractivity contribution in [1.82, 2.24) is 9.97 Å². The molecule has 5 heteroatoms. The molecule has 2 unspecified atom stereocenters. The van der Waals surface area contributed by atoms with Gasteiger partial charge in [0.25, 0.3) is 0 Å². The Hall–Kier alpha value is -2.50. The van der Waals surface area contributed by atoms with E-state index in [-0.39, 0.29) is 6.10 Å². The molecule has 3 heterocycles. The minimum atomic E-state index is 0.191. The van der Waals surface area contributed by atoms with Gasteiger partial charge in [-0.2, -0.15) is 0 Å². The van der Waals surface area contributed by atoms with Crippen LogP contribution in [0.3, 0.4) is 0 Å². The Morgan fingerprint density at radius 1 is 0.926 bits per heavy atom. The van der Waals surface area contributed by atoms with Gasteiger partial charge in [0, 0.05) is 36.6 Å². The van der Waals surface area contributed by atoms with Crippen LogP contribution in [-0.4, -0.2) is 49.0 Å². The summed E-state index contributed by atoms with van der Waals surface area (Å²) in [4.78, 5) is 12.1. The highest BCUT2D eigenvalue weighted by atomic mass is 16.5. The molecular formula is C22H23N3O2. The van der Waals surface area contributed by atoms with Crippen LogP contribution in [0.4, 0.5) is 5.95 Å². The molecule has 3 aromatic rings. The zero-order valence-electron chi connectivity index (χ0n) is 15.3. The molecule has 2 aliphatic heterocycles. The maximum absolute atomic E-state index is 6.04. The van der Waals surface area contributed by atoms with Crippen LogP contribution in [0.25, 0.3) is 22.2 Å². The van der Waals surface area contributed by atoms with Crippen LogP contribution in [0, 0.1) is 5.92 Å². The molecule has 2 aromatic carbocycles. The predicted octanol–water partition coefficient (Wildman–Crippen LogP) is 3.54. The van der Waals surface area contributed by atoms with E-state index in [1.54, 1.807) is 0 Å². The first kappa shape index (κ1) is 16.7. The van der Waals surface area contributed by atoms with Crippen molar-refractivity contribution >= 4 is 16.9 Å². The fourth-order valence-corrected chi connectivity index (χ4v) is 4.01. The first-order valence-electron chi connectivity index (χ1n) is 9.65. The summed E-state index contributed by atoms with van der Waals surface area (Å²) in [5, 5.41) is 1.08. The van der Waals surface area contributed by atoms with Gasteiger partial charge in [0.15, 0.2) is 0 Å². The topological polar surface area (TPSA) is 47.5 Å². The highest BCUT2D eigenvalue weighted by molar-refractivity contribution is 5.93. The monoisotopic (exact) mass is 361 g/mol. The van der Waals surface area contributed by atoms with E-state index in [1.165, 1.54) is 0 Å². The lowest BCUT2D eigenvalue weighted by atomic mass is 10.0. The van der Waals surface area contributed by atoms with Gasteiger partial charge in [-0.25, -0.2) is 9.97 Å². The number of ether oxygens (including phenoxy) is 2. The van der Waals surface area contributed by atoms with Crippen molar-refractivity contribution in [2.24, 2.45) is 5.92 Å². The normalized spacial score (nSPS) is 23.0. The number of morpholine rings is 1. The number of nitrogens with zero attached hydrogens (tertiary/aromatic N) is 3. The van der Waals surface area contributed by atoms with Gasteiger partial charge in [-0.15, -0.1) is 0 Å². The Labute approximate surface area is 159 Å². The molecule has 0 aliphatic carbocycles. The molecule has 0 bridgehead atoms. The lowest BCUT2D eigenvalue weighted by Gasteiger charge is -2.35. The molecule has 2 atom stereocenters. The van der Waals surface area contributed by atoms with Gasteiger partial charge in [0.2, 0.25) is 5.95 Å². The SMILES string of the molecule is c1ccc(-c2nc(N3CCOC(C4CCOC4)C3)nc3ccccc23)cc1. The Morgan fingerprint density at radius 3 is 2.63 bits per heavy atom. The molecule has 1 aromatic heterocycles. The maximum atomic E-state index is 6.04. The van der Waals surface area contributed by atoms with Gasteiger partial charge in [0.05, 0.1) is 30.5 Å². The second-order valence-corrected chi connectivity index (χ2v) is 7.23. The molecule has 5 rings (SSSR count). The van der Waals surface area contributed by atoms with Gasteiger partial charge < -0.3 is 14.4 Å². The van der Waals surface area contributed by atoms with Crippen molar-refractivity contribution < 1.29 is 9.47 Å². The summed E-state index contributed by atoms with van der Waals surface area (Å²) in [7, 11) is 0. The molecular weight excluding hydrogens is 338 g/mol. The minimum Gasteiger partial charge on any atom is -0.381 e. The van der Waals surface area contributed by atoms with Gasteiger partial charge >= 0.3 is 0 Å². The predicted molar refractivity (Wildman–Crippen MR) is 106 cm³/mol. The molecule has 2 fully saturated rings. The van der Waals surface area contributed by atoms with Gasteiger partial charge in [-0.3, -0.25) is 0 Å². The van der Waals surface area contributed by atoms with Gasteiger partial charge in [0.1, 0.15) is 0 Å². The fourth-order valence-electron chi connectivity index (χ4n) is 4.01. The molecule has 0 radical (unpaired) electrons. The largest absolute Gasteiger partial charge is 0.381 e. The van der Waals surface area contributed by atoms with Gasteiger partial charge in [-0.05, 0) is 12.5 Å². The first-order chi connectivity index (χ1) is 13.4. The van der Waals surface area contributed by atoms with Crippen LogP contribution in [0.1, 0.15) is 6.42 Å². The summed E-state index contributed by atoms with van der Waals surface area (Å²) >= 11 is 0. The quantitative estimate of drug-likeness (QED) is 0.714. The highest BCUT2D eigenvalue weighted by Gasteiger charge is 2.32. The van der Waals surface area contributed by atoms with Crippen molar-refractivity contribution in [2.45, 2.75) is 12.5 Å². The van der Waals surface area contributed by atoms with E-state index in [1.807, 2.05) is 18.2 Å². The molecule has 2 aliphatic rings. The van der Waals surface area contributed by atoms with Crippen molar-refractivity contribution in [2.75, 3.05) is 37.8 Å². The first-order valence-corrected chi connectivity index (χ1v) is 9.65. The average molecular weight is 361 g/mol. The number of hydrogen-bond donors (Lipinski definition) is 0. The van der Waals surface area contributed by atoms with E-state index in [0.717, 1.165) is 60.8 Å². The van der Waals surface area contributed by atoms with E-state index in [4.69, 9.17) is 19.4 Å². The smallest absolute Gasteiger partial charge is 0.226 e. The molecule has 0 saturated carbocycles. The second-order valence-electron chi connectivity index (χ2n) is 7.23. The summed E-state index contributed by atoms with van der Waals surface area (Å²) in [6.45, 7) is 3.98. The zero-order valence-corrected chi connectivity index (χ0v) is 15.3. The average Bonchev–Trinajstić information content (AvgIpc) is 3.29. The third-order valence-corrected chi connectivity index (χ3v) is 5.51. The van der Waals surface area contributed by atoms with E-state index in [0.29, 0.717) is 12.5 Å². The van der Waals surface area contributed by atoms with Crippen molar-refractivity contribution in [3.8, 4) is 11.3 Å². The standard InChI is InChI=1S/C22H23N3O2/c1-2-6-16(7-3-1)21-18-8-4-5-9-19(18)23-22(24-21)25-11-13-27-20(14-25)17-10-12-26-15-17/h1-9,17,20H,10-15H2. The number of aromatic nitrogens is 2. The molecule has 2 saturated heterocycles. The number of anilines is 1. The molecule has 0 amide bonds. The highest BCUT2D eigenvalue weighted by Crippen LogP contribution is 2.30. The van der Waals surface area contributed by atoms with Crippen LogP contribution >= 0.6 is 0 Å². The Balaban J connectivity index is 1.53. The van der Waals surface area contributed by atoms with Crippen LogP contribution < -0.4 is 4.90 Å². The number of hydrogen-bond acceptors (Lipinski definition) is 5. The fraction of sp³-hybridized carbons (Fsp3) is 0.364. The van der Waals surface area contributed by atoms with E-state index < -0.39 is 0 Å². The minimum absolute atomic E-state index is 0.191. The van der Waals surface area contributed by atoms with Crippen LogP contribution in [0.15, 0.2) is 54.6 Å². The number of para-hydroxylation sites is 1. The lowest BCUT2D eigenvalue weighted by molar-refractivity contribution is -0.00166. The summed E-state index contributed by atoms with van der Waals surface area (Å²) in [5.74, 6) is 1.27. The van der Waals surface area contributed by atoms with Gasteiger partial charge in [-0.1, -0.05) is 48.5 Å². The summed E-state index contributed by atoms with van der Waals surface area (Å²) in [5.41, 5.74) is 3.09. The Bertz CT molecular complexity index is 925. The molecule has 138 valence electrons. The second kappa shape index (κ2) is 7.25. The molecule has 27 heavy (non-hydrogen) atoms. The van der Waals surface area contributed by atoms with E-state index in [9.17, 15) is 0 Å². The number of fused-ring (bicyclic) bond motifs is 1. The van der Waals surface area contributed by atoms with Crippen LogP contribution in [0.2, 0.25) is 0 Å². The lowest BCUT2D eigenvalue weighted by Crippen LogP contribution is -2.46. The zero-order chi connectivity index (χ0) is 18.1. The Morgan fingerprint density at radius 2 is 1.78 bits per heavy atom. The summed E-state index contributed by atoms with van der Waals surface area (Å²) in [6.07, 6.45) is 1.27. The van der Waals surface area contributed by atoms with Crippen molar-refractivity contribution in [3.63, 3.8) is 0 Å². The number of benzene rings is 2. The van der Waals surface area contributed by atoms with Crippen molar-refractivity contribution in [1.29, 1.82) is 0 Å². The van der Waals surface area contributed by atoms with Crippen LogP contribution in [-0.2, 0) is 9.47 Å². The van der Waals surface area contributed by atoms with E-state index in [2.05, 4.69) is 41.3 Å². The molecule has 0 N–H and O–H groups in total. The Kier molecular flexibility index (Phi) is 4.47. The van der Waals surface area contributed by atoms with Crippen molar-refractivity contribution in [3.05, 3.63) is 54.6 Å². The summed E-state index contributed by atoms with van der Waals surface area (Å²) in [6, 6.07) is 18.6. The molecule has 5 nitrogen and oxygen atoms in total. The number of rotatable bonds is 3. The van der Waals surface area contributed by atoms with E-state index >= 15 is 0 Å². The summed E-state index contributed by atoms with van der Waals surface area (Å²) < 4.78 is 11.6. The third kappa shape index (κ3) is 3.29. The van der Waals surface area contributed by atoms with Crippen LogP contribution in [0.5, 0.6) is 0 Å².